The molecule has 2 rings (SSSR count). The van der Waals surface area contributed by atoms with Crippen LogP contribution in [-0.4, -0.2) is 5.91 Å². The van der Waals surface area contributed by atoms with Crippen LogP contribution in [0.5, 0.6) is 0 Å². The van der Waals surface area contributed by atoms with E-state index in [9.17, 15) is 9.18 Å². The Labute approximate surface area is 121 Å². The van der Waals surface area contributed by atoms with Gasteiger partial charge in [0.2, 0.25) is 0 Å². The zero-order valence-corrected chi connectivity index (χ0v) is 11.6. The van der Waals surface area contributed by atoms with Gasteiger partial charge in [-0.2, -0.15) is 0 Å². The number of rotatable bonds is 3. The first-order valence-corrected chi connectivity index (χ1v) is 6.47. The Morgan fingerprint density at radius 2 is 1.95 bits per heavy atom. The molecule has 3 nitrogen and oxygen atoms in total. The zero-order valence-electron chi connectivity index (χ0n) is 10.9. The van der Waals surface area contributed by atoms with Crippen molar-refractivity contribution in [2.45, 2.75) is 13.0 Å². The van der Waals surface area contributed by atoms with Crippen molar-refractivity contribution in [3.63, 3.8) is 0 Å². The summed E-state index contributed by atoms with van der Waals surface area (Å²) in [6.45, 7) is 1.78. The van der Waals surface area contributed by atoms with E-state index in [1.54, 1.807) is 19.1 Å². The van der Waals surface area contributed by atoms with E-state index in [0.717, 1.165) is 5.56 Å². The third kappa shape index (κ3) is 2.91. The summed E-state index contributed by atoms with van der Waals surface area (Å²) in [5.74, 6) is -1.22. The third-order valence-corrected chi connectivity index (χ3v) is 3.31. The van der Waals surface area contributed by atoms with Gasteiger partial charge in [0.25, 0.3) is 5.91 Å². The van der Waals surface area contributed by atoms with Crippen molar-refractivity contribution in [2.24, 2.45) is 0 Å². The number of anilines is 1. The zero-order chi connectivity index (χ0) is 14.7. The van der Waals surface area contributed by atoms with E-state index in [0.29, 0.717) is 5.69 Å². The predicted octanol–water partition coefficient (Wildman–Crippen LogP) is 3.55. The molecule has 0 radical (unpaired) electrons. The Hall–Kier alpha value is -2.07. The average Bonchev–Trinajstić information content (AvgIpc) is 2.38. The van der Waals surface area contributed by atoms with Crippen LogP contribution in [0.15, 0.2) is 42.5 Å². The molecule has 2 aromatic carbocycles. The number of hydrogen-bond donors (Lipinski definition) is 2. The molecule has 20 heavy (non-hydrogen) atoms. The molecule has 0 saturated carbocycles. The van der Waals surface area contributed by atoms with Gasteiger partial charge < -0.3 is 11.1 Å². The quantitative estimate of drug-likeness (QED) is 0.850. The summed E-state index contributed by atoms with van der Waals surface area (Å²) < 4.78 is 13.7. The molecule has 1 amide bonds. The van der Waals surface area contributed by atoms with Crippen LogP contribution in [0.2, 0.25) is 5.02 Å². The van der Waals surface area contributed by atoms with Crippen LogP contribution in [0.1, 0.15) is 28.9 Å². The largest absolute Gasteiger partial charge is 0.398 e. The minimum Gasteiger partial charge on any atom is -0.398 e. The lowest BCUT2D eigenvalue weighted by Gasteiger charge is -2.17. The Morgan fingerprint density at radius 3 is 2.60 bits per heavy atom. The van der Waals surface area contributed by atoms with Gasteiger partial charge in [-0.05, 0) is 30.7 Å². The summed E-state index contributed by atoms with van der Waals surface area (Å²) in [6.07, 6.45) is 0. The van der Waals surface area contributed by atoms with Crippen LogP contribution in [-0.2, 0) is 0 Å². The monoisotopic (exact) mass is 292 g/mol. The molecule has 0 aromatic heterocycles. The second-order valence-corrected chi connectivity index (χ2v) is 4.83. The van der Waals surface area contributed by atoms with Gasteiger partial charge >= 0.3 is 0 Å². The number of halogens is 2. The summed E-state index contributed by atoms with van der Waals surface area (Å²) in [5, 5.41) is 2.77. The normalized spacial score (nSPS) is 11.9. The molecule has 0 bridgehead atoms. The third-order valence-electron chi connectivity index (χ3n) is 3.00. The molecular weight excluding hydrogens is 279 g/mol. The number of hydrogen-bond acceptors (Lipinski definition) is 2. The van der Waals surface area contributed by atoms with Crippen molar-refractivity contribution < 1.29 is 9.18 Å². The molecule has 0 aliphatic carbocycles. The van der Waals surface area contributed by atoms with Crippen LogP contribution in [0.25, 0.3) is 0 Å². The molecule has 0 heterocycles. The predicted molar refractivity (Wildman–Crippen MR) is 78.1 cm³/mol. The molecule has 0 fully saturated rings. The molecule has 0 aliphatic rings. The summed E-state index contributed by atoms with van der Waals surface area (Å²) in [4.78, 5) is 12.1. The number of amides is 1. The van der Waals surface area contributed by atoms with Crippen molar-refractivity contribution in [3.8, 4) is 0 Å². The summed E-state index contributed by atoms with van der Waals surface area (Å²) >= 11 is 5.86. The fourth-order valence-electron chi connectivity index (χ4n) is 1.97. The van der Waals surface area contributed by atoms with Gasteiger partial charge in [0.1, 0.15) is 5.82 Å². The van der Waals surface area contributed by atoms with Gasteiger partial charge in [0, 0.05) is 5.69 Å². The van der Waals surface area contributed by atoms with Gasteiger partial charge in [-0.15, -0.1) is 0 Å². The first-order chi connectivity index (χ1) is 9.50. The Balaban J connectivity index is 2.22. The first-order valence-electron chi connectivity index (χ1n) is 6.10. The molecular formula is C15H14ClFN2O. The van der Waals surface area contributed by atoms with E-state index < -0.39 is 11.7 Å². The van der Waals surface area contributed by atoms with Crippen molar-refractivity contribution in [2.75, 3.05) is 5.73 Å². The maximum Gasteiger partial charge on any atom is 0.256 e. The van der Waals surface area contributed by atoms with Crippen LogP contribution in [0.3, 0.4) is 0 Å². The van der Waals surface area contributed by atoms with Gasteiger partial charge in [0.05, 0.1) is 16.6 Å². The SMILES string of the molecule is CC(NC(=O)c1c(F)cccc1Cl)c1ccccc1N. The highest BCUT2D eigenvalue weighted by molar-refractivity contribution is 6.33. The maximum atomic E-state index is 13.7. The Kier molecular flexibility index (Phi) is 4.25. The minimum atomic E-state index is -0.650. The second-order valence-electron chi connectivity index (χ2n) is 4.42. The Bertz CT molecular complexity index is 625. The molecule has 0 spiro atoms. The number of para-hydroxylation sites is 1. The lowest BCUT2D eigenvalue weighted by atomic mass is 10.1. The standard InChI is InChI=1S/C15H14ClFN2O/c1-9(10-5-2-3-8-13(10)18)19-15(20)14-11(16)6-4-7-12(14)17/h2-9H,18H2,1H3,(H,19,20). The molecule has 1 atom stereocenters. The van der Waals surface area contributed by atoms with E-state index in [1.165, 1.54) is 18.2 Å². The van der Waals surface area contributed by atoms with Crippen molar-refractivity contribution in [1.29, 1.82) is 0 Å². The van der Waals surface area contributed by atoms with E-state index in [2.05, 4.69) is 5.32 Å². The number of nitrogens with two attached hydrogens (primary N) is 1. The number of carbonyl (C=O) groups excluding carboxylic acids is 1. The molecule has 104 valence electrons. The van der Waals surface area contributed by atoms with Gasteiger partial charge in [-0.3, -0.25) is 4.79 Å². The smallest absolute Gasteiger partial charge is 0.256 e. The van der Waals surface area contributed by atoms with Crippen molar-refractivity contribution >= 4 is 23.2 Å². The van der Waals surface area contributed by atoms with Crippen LogP contribution in [0, 0.1) is 5.82 Å². The fraction of sp³-hybridized carbons (Fsp3) is 0.133. The van der Waals surface area contributed by atoms with Crippen LogP contribution >= 0.6 is 11.6 Å². The van der Waals surface area contributed by atoms with E-state index in [4.69, 9.17) is 17.3 Å². The van der Waals surface area contributed by atoms with Gasteiger partial charge in [-0.25, -0.2) is 4.39 Å². The maximum absolute atomic E-state index is 13.7. The number of carbonyl (C=O) groups is 1. The summed E-state index contributed by atoms with van der Waals surface area (Å²) in [6, 6.07) is 11.0. The summed E-state index contributed by atoms with van der Waals surface area (Å²) in [7, 11) is 0. The van der Waals surface area contributed by atoms with Gasteiger partial charge in [-0.1, -0.05) is 35.9 Å². The molecule has 3 N–H and O–H groups in total. The number of nitrogens with one attached hydrogen (secondary N) is 1. The van der Waals surface area contributed by atoms with E-state index in [-0.39, 0.29) is 16.6 Å². The molecule has 0 aliphatic heterocycles. The summed E-state index contributed by atoms with van der Waals surface area (Å²) in [5.41, 5.74) is 7.03. The number of nitrogen functional groups attached to an aromatic ring is 1. The van der Waals surface area contributed by atoms with E-state index >= 15 is 0 Å². The number of benzene rings is 2. The lowest BCUT2D eigenvalue weighted by Crippen LogP contribution is -2.28. The first kappa shape index (κ1) is 14.3. The molecule has 0 saturated heterocycles. The highest BCUT2D eigenvalue weighted by atomic mass is 35.5. The highest BCUT2D eigenvalue weighted by Gasteiger charge is 2.18. The van der Waals surface area contributed by atoms with Crippen LogP contribution in [0.4, 0.5) is 10.1 Å². The van der Waals surface area contributed by atoms with E-state index in [1.807, 2.05) is 12.1 Å². The molecule has 5 heteroatoms. The van der Waals surface area contributed by atoms with Crippen molar-refractivity contribution in [1.82, 2.24) is 5.32 Å². The fourth-order valence-corrected chi connectivity index (χ4v) is 2.22. The Morgan fingerprint density at radius 1 is 1.25 bits per heavy atom. The minimum absolute atomic E-state index is 0.0794. The lowest BCUT2D eigenvalue weighted by molar-refractivity contribution is 0.0936. The van der Waals surface area contributed by atoms with Crippen LogP contribution < -0.4 is 11.1 Å². The molecule has 1 unspecified atom stereocenters. The topological polar surface area (TPSA) is 55.1 Å². The van der Waals surface area contributed by atoms with Gasteiger partial charge in [0.15, 0.2) is 0 Å². The molecule has 2 aromatic rings. The average molecular weight is 293 g/mol. The second kappa shape index (κ2) is 5.92. The van der Waals surface area contributed by atoms with Crippen molar-refractivity contribution in [3.05, 3.63) is 64.4 Å². The highest BCUT2D eigenvalue weighted by Crippen LogP contribution is 2.22.